The van der Waals surface area contributed by atoms with Gasteiger partial charge in [0.25, 0.3) is 0 Å². The van der Waals surface area contributed by atoms with Crippen LogP contribution in [-0.4, -0.2) is 5.92 Å². The minimum absolute atomic E-state index is 0.156. The quantitative estimate of drug-likeness (QED) is 0.117. The molecule has 0 aliphatic heterocycles. The summed E-state index contributed by atoms with van der Waals surface area (Å²) in [4.78, 5) is 0. The van der Waals surface area contributed by atoms with E-state index in [1.54, 1.807) is 22.3 Å². The average molecular weight is 1120 g/mol. The molecule has 0 heterocycles. The molecule has 3 atom stereocenters. The molecule has 14 aliphatic rings. The average Bonchev–Trinajstić information content (AvgIpc) is 4.33. The van der Waals surface area contributed by atoms with Crippen molar-refractivity contribution in [1.82, 2.24) is 0 Å². The molecule has 18 rings (SSSR count). The van der Waals surface area contributed by atoms with Gasteiger partial charge in [-0.1, -0.05) is 0 Å². The molecule has 4 aromatic rings. The molecule has 0 nitrogen and oxygen atoms in total. The van der Waals surface area contributed by atoms with E-state index in [4.69, 9.17) is 0 Å². The van der Waals surface area contributed by atoms with E-state index in [0.29, 0.717) is 21.7 Å². The van der Waals surface area contributed by atoms with E-state index in [9.17, 15) is 17.0 Å². The Labute approximate surface area is 454 Å². The fraction of sp³-hybridized carbons (Fsp3) is 0.600. The van der Waals surface area contributed by atoms with Gasteiger partial charge in [0.05, 0.1) is 0 Å². The van der Waals surface area contributed by atoms with Gasteiger partial charge >= 0.3 is 459 Å². The molecule has 387 valence electrons. The van der Waals surface area contributed by atoms with Gasteiger partial charge in [0.15, 0.2) is 0 Å². The molecule has 4 aromatic carbocycles. The Morgan fingerprint density at radius 1 is 0.473 bits per heavy atom. The third-order valence-corrected chi connectivity index (χ3v) is 76.1. The maximum absolute atomic E-state index is 9.64. The van der Waals surface area contributed by atoms with E-state index in [1.807, 2.05) is 0 Å². The Kier molecular flexibility index (Phi) is 11.0. The van der Waals surface area contributed by atoms with Crippen LogP contribution in [0, 0.1) is 58.2 Å². The zero-order chi connectivity index (χ0) is 49.4. The Bertz CT molecular complexity index is 2710. The third-order valence-electron chi connectivity index (χ3n) is 25.7. The molecule has 0 N–H and O–H groups in total. The second kappa shape index (κ2) is 17.0. The summed E-state index contributed by atoms with van der Waals surface area (Å²) in [5.74, 6) is 5.81. The van der Waals surface area contributed by atoms with E-state index >= 15 is 0 Å². The standard InChI is InChI=1S/2C33H37.C4H11Si.2ClH.Zr/c2*1-2-28-15-26(18-32-10-8-22(17-32)9-11-32)16-31(28)30(3-1)27-4-6-29(7-5-27)33-19-23-12-24(20-33)14-25(13-23)21-33;1-3-4-5-2;;;/h2*1-7,15-16,22-25H,8-14,17-21H2;5H,3-4H2,1-2H3;2*1H;/q;;;;;+2/p-2. The first-order valence-corrected chi connectivity index (χ1v) is 47.3. The summed E-state index contributed by atoms with van der Waals surface area (Å²) < 4.78 is 0.312. The summed E-state index contributed by atoms with van der Waals surface area (Å²) in [5.41, 5.74) is 19.9. The number of rotatable bonds is 13. The van der Waals surface area contributed by atoms with E-state index in [2.05, 4.69) is 111 Å². The van der Waals surface area contributed by atoms with E-state index in [1.165, 1.54) is 211 Å². The first kappa shape index (κ1) is 48.0. The van der Waals surface area contributed by atoms with Crippen LogP contribution in [0.1, 0.15) is 208 Å². The molecular formula is C70H85Cl2SiZr. The summed E-state index contributed by atoms with van der Waals surface area (Å²) in [6.45, 7) is 5.15. The molecular weight excluding hydrogens is 1030 g/mol. The van der Waals surface area contributed by atoms with Crippen LogP contribution in [0.15, 0.2) is 96.1 Å². The van der Waals surface area contributed by atoms with E-state index in [-0.39, 0.29) is 7.25 Å². The van der Waals surface area contributed by atoms with Gasteiger partial charge < -0.3 is 0 Å². The molecule has 12 bridgehead atoms. The minimum atomic E-state index is -5.21. The maximum atomic E-state index is 9.64. The molecule has 0 saturated heterocycles. The summed E-state index contributed by atoms with van der Waals surface area (Å²) in [7, 11) is 19.3. The van der Waals surface area contributed by atoms with Crippen LogP contribution in [0.2, 0.25) is 12.6 Å². The number of hydrogen-bond acceptors (Lipinski definition) is 0. The van der Waals surface area contributed by atoms with Crippen LogP contribution < -0.4 is 0 Å². The Hall–Kier alpha value is -1.96. The number of fused-ring (bicyclic) bond motifs is 6. The van der Waals surface area contributed by atoms with Crippen molar-refractivity contribution in [3.8, 4) is 22.3 Å². The Morgan fingerprint density at radius 3 is 1.16 bits per heavy atom. The summed E-state index contributed by atoms with van der Waals surface area (Å²) >= 11 is -5.21. The third kappa shape index (κ3) is 7.22. The van der Waals surface area contributed by atoms with E-state index < -0.39 is 21.5 Å². The molecule has 14 aliphatic carbocycles. The van der Waals surface area contributed by atoms with Crippen molar-refractivity contribution in [2.45, 2.75) is 198 Å². The van der Waals surface area contributed by atoms with Gasteiger partial charge in [-0.25, -0.2) is 0 Å². The van der Waals surface area contributed by atoms with Gasteiger partial charge in [0.2, 0.25) is 0 Å². The molecule has 0 spiro atoms. The summed E-state index contributed by atoms with van der Waals surface area (Å²) in [6.07, 6.45) is 40.7. The van der Waals surface area contributed by atoms with Crippen LogP contribution >= 0.6 is 17.0 Å². The molecule has 0 radical (unpaired) electrons. The first-order valence-electron chi connectivity index (χ1n) is 31.3. The predicted molar refractivity (Wildman–Crippen MR) is 312 cm³/mol. The van der Waals surface area contributed by atoms with Gasteiger partial charge in [-0.05, 0) is 0 Å². The van der Waals surface area contributed by atoms with Crippen molar-refractivity contribution >= 4 is 35.1 Å². The van der Waals surface area contributed by atoms with Crippen LogP contribution in [0.3, 0.4) is 0 Å². The predicted octanol–water partition coefficient (Wildman–Crippen LogP) is 20.2. The Morgan fingerprint density at radius 2 is 0.838 bits per heavy atom. The zero-order valence-electron chi connectivity index (χ0n) is 45.2. The van der Waals surface area contributed by atoms with Crippen molar-refractivity contribution in [1.29, 1.82) is 0 Å². The molecule has 4 heteroatoms. The van der Waals surface area contributed by atoms with Crippen molar-refractivity contribution in [2.75, 3.05) is 0 Å². The SMILES string of the molecule is CCC[SiH](C)[Zr]([Cl])([Cl])([CH]1C(CC23CCC(CC2)C3)=Cc2c(-c3ccc(C45CC6CC(CC(C6)C4)C5)cc3)cccc21)[CH]1C(CC23CCC(CC2)C3)=Cc2c(-c3ccc(C45CC6CC(CC(C6)C4)C5)cc3)cccc21. The number of hydrogen-bond donors (Lipinski definition) is 0. The zero-order valence-corrected chi connectivity index (χ0v) is 50.4. The number of benzene rings is 4. The second-order valence-electron chi connectivity index (χ2n) is 30.0. The Balaban J connectivity index is 0.833. The van der Waals surface area contributed by atoms with Crippen molar-refractivity contribution in [3.05, 3.63) is 129 Å². The number of halogens is 2. The normalized spacial score (nSPS) is 40.4. The molecule has 0 aromatic heterocycles. The van der Waals surface area contributed by atoms with Crippen LogP contribution in [0.4, 0.5) is 0 Å². The van der Waals surface area contributed by atoms with Gasteiger partial charge in [0, 0.05) is 0 Å². The van der Waals surface area contributed by atoms with Crippen LogP contribution in [-0.2, 0) is 26.4 Å². The van der Waals surface area contributed by atoms with Crippen molar-refractivity contribution in [2.24, 2.45) is 58.2 Å². The fourth-order valence-electron chi connectivity index (χ4n) is 23.4. The summed E-state index contributed by atoms with van der Waals surface area (Å²) in [5, 5.41) is 0. The molecule has 74 heavy (non-hydrogen) atoms. The van der Waals surface area contributed by atoms with Crippen LogP contribution in [0.5, 0.6) is 0 Å². The first-order chi connectivity index (χ1) is 35.9. The molecule has 3 unspecified atom stereocenters. The molecule has 12 fully saturated rings. The monoisotopic (exact) mass is 1110 g/mol. The summed E-state index contributed by atoms with van der Waals surface area (Å²) in [6, 6.07) is 36.7. The van der Waals surface area contributed by atoms with Gasteiger partial charge in [0.1, 0.15) is 0 Å². The topological polar surface area (TPSA) is 0 Å². The van der Waals surface area contributed by atoms with Gasteiger partial charge in [-0.3, -0.25) is 0 Å². The second-order valence-corrected chi connectivity index (χ2v) is 71.4. The van der Waals surface area contributed by atoms with Gasteiger partial charge in [-0.2, -0.15) is 0 Å². The fourth-order valence-corrected chi connectivity index (χ4v) is 64.6. The molecule has 0 amide bonds. The number of allylic oxidation sites excluding steroid dienone is 2. The van der Waals surface area contributed by atoms with Crippen LogP contribution in [0.25, 0.3) is 34.4 Å². The van der Waals surface area contributed by atoms with Gasteiger partial charge in [-0.15, -0.1) is 0 Å². The molecule has 12 saturated carbocycles. The van der Waals surface area contributed by atoms with Crippen molar-refractivity contribution in [3.63, 3.8) is 0 Å². The van der Waals surface area contributed by atoms with Crippen molar-refractivity contribution < 1.29 is 15.6 Å². The van der Waals surface area contributed by atoms with E-state index in [0.717, 1.165) is 47.3 Å².